The maximum Gasteiger partial charge on any atom is 0.227 e. The summed E-state index contributed by atoms with van der Waals surface area (Å²) >= 11 is 0. The Hall–Kier alpha value is -3.42. The number of rotatable bonds is 7. The monoisotopic (exact) mass is 433 g/mol. The van der Waals surface area contributed by atoms with E-state index in [-0.39, 0.29) is 11.8 Å². The van der Waals surface area contributed by atoms with Crippen molar-refractivity contribution in [1.29, 1.82) is 0 Å². The van der Waals surface area contributed by atoms with Gasteiger partial charge in [0.05, 0.1) is 0 Å². The molecule has 0 aliphatic carbocycles. The highest BCUT2D eigenvalue weighted by atomic mass is 16.1. The van der Waals surface area contributed by atoms with Gasteiger partial charge in [0.2, 0.25) is 5.91 Å². The number of aromatic nitrogens is 4. The van der Waals surface area contributed by atoms with Crippen molar-refractivity contribution in [3.05, 3.63) is 54.9 Å². The van der Waals surface area contributed by atoms with E-state index < -0.39 is 0 Å². The van der Waals surface area contributed by atoms with Gasteiger partial charge < -0.3 is 15.1 Å². The molecule has 3 aromatic rings. The number of piperidine rings is 1. The summed E-state index contributed by atoms with van der Waals surface area (Å²) in [7, 11) is 0. The molecule has 0 spiro atoms. The Labute approximate surface area is 189 Å². The lowest BCUT2D eigenvalue weighted by Crippen LogP contribution is -2.38. The van der Waals surface area contributed by atoms with E-state index in [4.69, 9.17) is 0 Å². The Bertz CT molecular complexity index is 1040. The summed E-state index contributed by atoms with van der Waals surface area (Å²) in [5.41, 5.74) is 3.18. The lowest BCUT2D eigenvalue weighted by molar-refractivity contribution is -0.120. The molecule has 1 amide bonds. The van der Waals surface area contributed by atoms with Crippen LogP contribution in [0.1, 0.15) is 32.3 Å². The number of anilines is 3. The predicted molar refractivity (Wildman–Crippen MR) is 127 cm³/mol. The fourth-order valence-electron chi connectivity index (χ4n) is 4.23. The average molecular weight is 434 g/mol. The molecule has 1 saturated heterocycles. The minimum atomic E-state index is 0.00284. The zero-order valence-corrected chi connectivity index (χ0v) is 19.0. The molecule has 32 heavy (non-hydrogen) atoms. The summed E-state index contributed by atoms with van der Waals surface area (Å²) < 4.78 is 1.86. The van der Waals surface area contributed by atoms with Crippen LogP contribution >= 0.6 is 0 Å². The van der Waals surface area contributed by atoms with Crippen LogP contribution in [-0.2, 0) is 4.79 Å². The zero-order valence-electron chi connectivity index (χ0n) is 19.0. The number of imidazole rings is 1. The molecule has 0 bridgehead atoms. The van der Waals surface area contributed by atoms with Gasteiger partial charge in [-0.2, -0.15) is 0 Å². The first-order chi connectivity index (χ1) is 15.6. The molecule has 1 aliphatic heterocycles. The SMILES string of the molecule is CCN(CC)c1ccc(NC(=O)C2CCN(c3cc(-n4ccnc4)ncn3)CC2)c(C)c1. The number of amides is 1. The van der Waals surface area contributed by atoms with Crippen LogP contribution in [0.4, 0.5) is 17.2 Å². The molecule has 0 unspecified atom stereocenters. The number of hydrogen-bond acceptors (Lipinski definition) is 6. The minimum absolute atomic E-state index is 0.00284. The Morgan fingerprint density at radius 2 is 1.88 bits per heavy atom. The van der Waals surface area contributed by atoms with Gasteiger partial charge in [0.25, 0.3) is 0 Å². The predicted octanol–water partition coefficient (Wildman–Crippen LogP) is 3.67. The van der Waals surface area contributed by atoms with E-state index >= 15 is 0 Å². The van der Waals surface area contributed by atoms with Crippen LogP contribution in [-0.4, -0.2) is 51.6 Å². The van der Waals surface area contributed by atoms with Gasteiger partial charge in [0.1, 0.15) is 24.3 Å². The van der Waals surface area contributed by atoms with Gasteiger partial charge >= 0.3 is 0 Å². The molecular weight excluding hydrogens is 402 g/mol. The van der Waals surface area contributed by atoms with Crippen molar-refractivity contribution in [1.82, 2.24) is 19.5 Å². The van der Waals surface area contributed by atoms with Gasteiger partial charge in [-0.25, -0.2) is 15.0 Å². The number of nitrogens with zero attached hydrogens (tertiary/aromatic N) is 6. The van der Waals surface area contributed by atoms with Crippen molar-refractivity contribution < 1.29 is 4.79 Å². The standard InChI is InChI=1S/C24H31N7O/c1-4-29(5-2)20-6-7-21(18(3)14-20)28-24(32)19-8-11-30(12-9-19)22-15-23(27-16-26-22)31-13-10-25-17-31/h6-7,10,13-17,19H,4-5,8-9,11-12H2,1-3H3,(H,28,32). The van der Waals surface area contributed by atoms with E-state index in [0.717, 1.165) is 61.9 Å². The lowest BCUT2D eigenvalue weighted by Gasteiger charge is -2.32. The summed E-state index contributed by atoms with van der Waals surface area (Å²) in [6.07, 6.45) is 8.48. The van der Waals surface area contributed by atoms with Crippen molar-refractivity contribution in [2.75, 3.05) is 41.3 Å². The molecule has 0 radical (unpaired) electrons. The van der Waals surface area contributed by atoms with Crippen molar-refractivity contribution in [3.63, 3.8) is 0 Å². The number of carbonyl (C=O) groups is 1. The lowest BCUT2D eigenvalue weighted by atomic mass is 9.95. The smallest absolute Gasteiger partial charge is 0.227 e. The Balaban J connectivity index is 1.36. The highest BCUT2D eigenvalue weighted by Crippen LogP contribution is 2.26. The molecule has 1 N–H and O–H groups in total. The van der Waals surface area contributed by atoms with Gasteiger partial charge in [-0.3, -0.25) is 9.36 Å². The summed E-state index contributed by atoms with van der Waals surface area (Å²) in [5.74, 6) is 1.77. The van der Waals surface area contributed by atoms with Crippen LogP contribution in [0.25, 0.3) is 5.82 Å². The molecule has 168 valence electrons. The first kappa shape index (κ1) is 21.8. The quantitative estimate of drug-likeness (QED) is 0.612. The first-order valence-electron chi connectivity index (χ1n) is 11.3. The highest BCUT2D eigenvalue weighted by Gasteiger charge is 2.26. The molecule has 3 heterocycles. The minimum Gasteiger partial charge on any atom is -0.372 e. The van der Waals surface area contributed by atoms with Gasteiger partial charge in [-0.05, 0) is 57.4 Å². The van der Waals surface area contributed by atoms with Gasteiger partial charge in [-0.15, -0.1) is 0 Å². The second-order valence-electron chi connectivity index (χ2n) is 8.13. The van der Waals surface area contributed by atoms with E-state index in [9.17, 15) is 4.79 Å². The maximum atomic E-state index is 12.9. The number of nitrogens with one attached hydrogen (secondary N) is 1. The Morgan fingerprint density at radius 3 is 2.53 bits per heavy atom. The van der Waals surface area contributed by atoms with Crippen LogP contribution in [0.15, 0.2) is 49.3 Å². The van der Waals surface area contributed by atoms with Crippen LogP contribution in [0, 0.1) is 12.8 Å². The molecule has 4 rings (SSSR count). The zero-order chi connectivity index (χ0) is 22.5. The van der Waals surface area contributed by atoms with Crippen LogP contribution in [0.2, 0.25) is 0 Å². The van der Waals surface area contributed by atoms with Crippen LogP contribution < -0.4 is 15.1 Å². The summed E-state index contributed by atoms with van der Waals surface area (Å²) in [4.78, 5) is 30.3. The fourth-order valence-corrected chi connectivity index (χ4v) is 4.23. The maximum absolute atomic E-state index is 12.9. The van der Waals surface area contributed by atoms with Gasteiger partial charge in [0.15, 0.2) is 0 Å². The fraction of sp³-hybridized carbons (Fsp3) is 0.417. The highest BCUT2D eigenvalue weighted by molar-refractivity contribution is 5.93. The molecular formula is C24H31N7O. The van der Waals surface area contributed by atoms with Gasteiger partial charge in [0, 0.05) is 61.9 Å². The molecule has 0 saturated carbocycles. The third kappa shape index (κ3) is 4.74. The van der Waals surface area contributed by atoms with E-state index in [1.54, 1.807) is 18.9 Å². The largest absolute Gasteiger partial charge is 0.372 e. The third-order valence-electron chi connectivity index (χ3n) is 6.19. The molecule has 0 atom stereocenters. The van der Waals surface area contributed by atoms with Gasteiger partial charge in [-0.1, -0.05) is 0 Å². The summed E-state index contributed by atoms with van der Waals surface area (Å²) in [5, 5.41) is 3.15. The third-order valence-corrected chi connectivity index (χ3v) is 6.19. The molecule has 8 nitrogen and oxygen atoms in total. The molecule has 1 fully saturated rings. The van der Waals surface area contributed by atoms with Crippen molar-refractivity contribution in [2.24, 2.45) is 5.92 Å². The number of benzene rings is 1. The molecule has 2 aromatic heterocycles. The average Bonchev–Trinajstić information content (AvgIpc) is 3.37. The molecule has 8 heteroatoms. The van der Waals surface area contributed by atoms with Crippen molar-refractivity contribution >= 4 is 23.1 Å². The second kappa shape index (κ2) is 9.80. The van der Waals surface area contributed by atoms with E-state index in [0.29, 0.717) is 0 Å². The van der Waals surface area contributed by atoms with E-state index in [2.05, 4.69) is 63.0 Å². The first-order valence-corrected chi connectivity index (χ1v) is 11.3. The summed E-state index contributed by atoms with van der Waals surface area (Å²) in [6.45, 7) is 9.88. The number of hydrogen-bond donors (Lipinski definition) is 1. The summed E-state index contributed by atoms with van der Waals surface area (Å²) in [6, 6.07) is 8.22. The van der Waals surface area contributed by atoms with Crippen molar-refractivity contribution in [3.8, 4) is 5.82 Å². The Morgan fingerprint density at radius 1 is 1.12 bits per heavy atom. The second-order valence-corrected chi connectivity index (χ2v) is 8.13. The molecule has 1 aliphatic rings. The Kier molecular flexibility index (Phi) is 6.68. The van der Waals surface area contributed by atoms with Crippen molar-refractivity contribution in [2.45, 2.75) is 33.6 Å². The molecule has 1 aromatic carbocycles. The number of carbonyl (C=O) groups excluding carboxylic acids is 1. The van der Waals surface area contributed by atoms with E-state index in [1.165, 1.54) is 5.69 Å². The van der Waals surface area contributed by atoms with Crippen LogP contribution in [0.3, 0.4) is 0 Å². The topological polar surface area (TPSA) is 79.2 Å². The number of aryl methyl sites for hydroxylation is 1. The van der Waals surface area contributed by atoms with Crippen LogP contribution in [0.5, 0.6) is 0 Å². The van der Waals surface area contributed by atoms with E-state index in [1.807, 2.05) is 22.9 Å². The normalized spacial score (nSPS) is 14.4.